The van der Waals surface area contributed by atoms with Crippen molar-refractivity contribution in [2.45, 2.75) is 222 Å². The van der Waals surface area contributed by atoms with E-state index in [1.165, 1.54) is 308 Å². The predicted octanol–water partition coefficient (Wildman–Crippen LogP) is 38.2. The van der Waals surface area contributed by atoms with Crippen molar-refractivity contribution >= 4 is 97.0 Å². The fourth-order valence-electron chi connectivity index (χ4n) is 20.0. The van der Waals surface area contributed by atoms with Gasteiger partial charge in [-0.15, -0.1) is 0 Å². The Labute approximate surface area is 791 Å². The van der Waals surface area contributed by atoms with Gasteiger partial charge in [-0.05, 0) is 530 Å². The lowest BCUT2D eigenvalue weighted by Gasteiger charge is -2.17. The van der Waals surface area contributed by atoms with Crippen LogP contribution in [0.5, 0.6) is 0 Å². The highest BCUT2D eigenvalue weighted by atomic mass is 14.2. The number of benzene rings is 20. The van der Waals surface area contributed by atoms with Crippen LogP contribution in [0.2, 0.25) is 0 Å². The topological polar surface area (TPSA) is 0 Å². The predicted molar refractivity (Wildman–Crippen MR) is 588 cm³/mol. The number of hydrogen-bond acceptors (Lipinski definition) is 0. The largest absolute Gasteiger partial charge is 0.0616 e. The molecule has 0 heteroatoms. The molecule has 132 heavy (non-hydrogen) atoms. The van der Waals surface area contributed by atoms with Crippen LogP contribution in [0.1, 0.15) is 178 Å². The van der Waals surface area contributed by atoms with Crippen LogP contribution in [0.15, 0.2) is 267 Å². The van der Waals surface area contributed by atoms with E-state index in [9.17, 15) is 0 Å². The summed E-state index contributed by atoms with van der Waals surface area (Å²) in [6.45, 7) is 70.1. The van der Waals surface area contributed by atoms with Crippen LogP contribution in [0.3, 0.4) is 0 Å². The molecular formula is C132H140. The van der Waals surface area contributed by atoms with Gasteiger partial charge in [0.25, 0.3) is 0 Å². The summed E-state index contributed by atoms with van der Waals surface area (Å²) in [7, 11) is 0. The van der Waals surface area contributed by atoms with Gasteiger partial charge in [0.2, 0.25) is 0 Å². The van der Waals surface area contributed by atoms with E-state index in [1.54, 1.807) is 0 Å². The lowest BCUT2D eigenvalue weighted by Crippen LogP contribution is -1.92. The fraction of sp³-hybridized carbons (Fsp3) is 0.242. The molecule has 0 spiro atoms. The molecule has 0 saturated carbocycles. The van der Waals surface area contributed by atoms with E-state index in [0.29, 0.717) is 0 Å². The van der Waals surface area contributed by atoms with Gasteiger partial charge in [-0.1, -0.05) is 267 Å². The molecule has 0 amide bonds. The number of rotatable bonds is 3. The van der Waals surface area contributed by atoms with Gasteiger partial charge < -0.3 is 0 Å². The van der Waals surface area contributed by atoms with E-state index < -0.39 is 0 Å². The molecule has 0 unspecified atom stereocenters. The van der Waals surface area contributed by atoms with Gasteiger partial charge in [-0.2, -0.15) is 0 Å². The lowest BCUT2D eigenvalue weighted by molar-refractivity contribution is 1.24. The van der Waals surface area contributed by atoms with E-state index in [2.05, 4.69) is 488 Å². The smallest absolute Gasteiger partial charge is 0.00212 e. The first-order chi connectivity index (χ1) is 62.7. The molecule has 0 N–H and O–H groups in total. The van der Waals surface area contributed by atoms with E-state index in [1.807, 2.05) is 0 Å². The van der Waals surface area contributed by atoms with Crippen LogP contribution in [0.4, 0.5) is 0 Å². The summed E-state index contributed by atoms with van der Waals surface area (Å²) < 4.78 is 0. The van der Waals surface area contributed by atoms with Gasteiger partial charge in [0, 0.05) is 0 Å². The summed E-state index contributed by atoms with van der Waals surface area (Å²) in [5, 5.41) is 25.4. The van der Waals surface area contributed by atoms with Crippen LogP contribution in [0.25, 0.3) is 130 Å². The van der Waals surface area contributed by atoms with Gasteiger partial charge >= 0.3 is 0 Å². The molecule has 20 aromatic carbocycles. The Morgan fingerprint density at radius 3 is 0.561 bits per heavy atom. The average molecular weight is 1730 g/mol. The molecular weight excluding hydrogens is 1590 g/mol. The SMILES string of the molecule is Cc1cc(C)c(C)cc1C.Cc1cc2cc(C)c(C)cc2cc1C.Cc1ccc(-c2ccc(-c3ccc(C)c(C)c3)cc2)cc1C.Cc1ccc(-c2ccc(C)c(C)c2)cc1C.Cc1ccc(C)c2c(C)c3ccccc3c(C)c12.Cc1ccc(C)c2c(C)ccc(C)c12.Cc1ccc2cc(C)c3c(C)ccc4cc(C)c1c2c43.Cc1cccc2c(C)c3c(C)cccc3c(C)c12. The van der Waals surface area contributed by atoms with Crippen molar-refractivity contribution in [2.75, 3.05) is 0 Å². The third-order valence-corrected chi connectivity index (χ3v) is 29.0. The van der Waals surface area contributed by atoms with Gasteiger partial charge in [0.1, 0.15) is 0 Å². The fourth-order valence-corrected chi connectivity index (χ4v) is 20.0. The Bertz CT molecular complexity index is 7210. The first-order valence-electron chi connectivity index (χ1n) is 47.5. The quantitative estimate of drug-likeness (QED) is 0.122. The summed E-state index contributed by atoms with van der Waals surface area (Å²) >= 11 is 0. The van der Waals surface area contributed by atoms with Crippen molar-refractivity contribution in [2.24, 2.45) is 0 Å². The molecule has 0 nitrogen and oxygen atoms in total. The van der Waals surface area contributed by atoms with Crippen LogP contribution in [-0.2, 0) is 0 Å². The third-order valence-electron chi connectivity index (χ3n) is 29.0. The van der Waals surface area contributed by atoms with E-state index in [-0.39, 0.29) is 0 Å². The summed E-state index contributed by atoms with van der Waals surface area (Å²) in [4.78, 5) is 0. The Kier molecular flexibility index (Phi) is 29.8. The molecule has 0 radical (unpaired) electrons. The number of fused-ring (bicyclic) bond motifs is 6. The van der Waals surface area contributed by atoms with Crippen molar-refractivity contribution in [1.29, 1.82) is 0 Å². The molecule has 20 rings (SSSR count). The second-order valence-corrected chi connectivity index (χ2v) is 38.8. The summed E-state index contributed by atoms with van der Waals surface area (Å²) in [5.74, 6) is 0. The van der Waals surface area contributed by atoms with Crippen molar-refractivity contribution < 1.29 is 0 Å². The Hall–Kier alpha value is -13.0. The molecule has 0 aromatic heterocycles. The first-order valence-corrected chi connectivity index (χ1v) is 47.5. The number of hydrogen-bond donors (Lipinski definition) is 0. The van der Waals surface area contributed by atoms with Crippen LogP contribution in [-0.4, -0.2) is 0 Å². The molecule has 0 aliphatic rings. The Morgan fingerprint density at radius 2 is 0.288 bits per heavy atom. The van der Waals surface area contributed by atoms with E-state index >= 15 is 0 Å². The highest BCUT2D eigenvalue weighted by Crippen LogP contribution is 2.43. The molecule has 0 aliphatic carbocycles. The molecule has 0 aliphatic heterocycles. The minimum atomic E-state index is 1.27. The zero-order valence-corrected chi connectivity index (χ0v) is 85.4. The molecule has 0 heterocycles. The first kappa shape index (κ1) is 96.6. The Morgan fingerprint density at radius 1 is 0.0985 bits per heavy atom. The van der Waals surface area contributed by atoms with E-state index in [4.69, 9.17) is 0 Å². The van der Waals surface area contributed by atoms with Gasteiger partial charge in [0.15, 0.2) is 0 Å². The summed E-state index contributed by atoms with van der Waals surface area (Å²) in [6, 6.07) is 98.1. The maximum absolute atomic E-state index is 2.34. The van der Waals surface area contributed by atoms with Crippen LogP contribution < -0.4 is 0 Å². The van der Waals surface area contributed by atoms with Crippen molar-refractivity contribution in [3.05, 3.63) is 445 Å². The van der Waals surface area contributed by atoms with Crippen molar-refractivity contribution in [3.63, 3.8) is 0 Å². The number of aryl methyl sites for hydroxylation is 32. The Balaban J connectivity index is 0.000000129. The van der Waals surface area contributed by atoms with Gasteiger partial charge in [0.05, 0.1) is 0 Å². The zero-order valence-electron chi connectivity index (χ0n) is 85.4. The standard InChI is InChI=1S/C22H22.C20H18.2C18H18.C16H18.2C14H16.C10H14/c1-15-5-7-21(13-17(15)3)19-9-11-20(12-10-19)22-8-6-16(2)18(4)14-22;1-11-5-7-15-10-14(4)18-12(2)6-8-16-9-13(3)17(11)19(15)20(16)18;1-11-7-5-9-15-14(4)18-12(2)8-6-10-16(18)13(3)17(11)15;1-11-9-10-12(2)18-14(4)16-8-6-5-7-15(16)13(3)17(11)18;1-11-5-7-15(9-13(11)3)16-8-6-12(2)14(4)10-16;1-9-5-13-7-11(3)12(4)8-14(13)6-10(9)2;1-9-5-6-11(3)14-12(4)8-7-10(2)13(9)14;1-7-5-9(3)10(4)6-8(7)2/h5-14H,1-4H3;5-10H,1-4H3;2*5-10H,1-4H3;5-10H,1-4H3;2*5-8H,1-4H3;5-6H,1-4H3. The van der Waals surface area contributed by atoms with Gasteiger partial charge in [-0.25, -0.2) is 0 Å². The summed E-state index contributed by atoms with van der Waals surface area (Å²) in [6.07, 6.45) is 0. The monoisotopic (exact) mass is 1730 g/mol. The van der Waals surface area contributed by atoms with Crippen LogP contribution >= 0.6 is 0 Å². The molecule has 0 saturated heterocycles. The normalized spacial score (nSPS) is 11.0. The minimum absolute atomic E-state index is 1.27. The third kappa shape index (κ3) is 20.5. The zero-order chi connectivity index (χ0) is 95.4. The van der Waals surface area contributed by atoms with E-state index in [0.717, 1.165) is 0 Å². The molecule has 668 valence electrons. The molecule has 0 fully saturated rings. The summed E-state index contributed by atoms with van der Waals surface area (Å²) in [5.41, 5.74) is 51.8. The molecule has 0 atom stereocenters. The van der Waals surface area contributed by atoms with Crippen molar-refractivity contribution in [3.8, 4) is 33.4 Å². The highest BCUT2D eigenvalue weighted by molar-refractivity contribution is 6.26. The maximum Gasteiger partial charge on any atom is -0.00212 e. The second-order valence-electron chi connectivity index (χ2n) is 38.8. The molecule has 0 bridgehead atoms. The maximum atomic E-state index is 2.34. The minimum Gasteiger partial charge on any atom is -0.0616 e. The lowest BCUT2D eigenvalue weighted by atomic mass is 9.86. The highest BCUT2D eigenvalue weighted by Gasteiger charge is 2.18. The van der Waals surface area contributed by atoms with Crippen LogP contribution in [0, 0.1) is 222 Å². The van der Waals surface area contributed by atoms with Gasteiger partial charge in [-0.3, -0.25) is 0 Å². The average Bonchev–Trinajstić information content (AvgIpc) is 0.705. The molecule has 20 aromatic rings. The van der Waals surface area contributed by atoms with Crippen molar-refractivity contribution in [1.82, 2.24) is 0 Å². The second kappa shape index (κ2) is 40.8.